The molecule has 1 saturated carbocycles. The normalized spacial score (nSPS) is 23.7. The maximum absolute atomic E-state index is 13.4. The molecule has 0 unspecified atom stereocenters. The number of aromatic nitrogens is 2. The van der Waals surface area contributed by atoms with Crippen LogP contribution in [-0.4, -0.2) is 46.0 Å². The topological polar surface area (TPSA) is 101 Å². The second kappa shape index (κ2) is 10.2. The van der Waals surface area contributed by atoms with Gasteiger partial charge in [-0.05, 0) is 43.4 Å². The van der Waals surface area contributed by atoms with Crippen molar-refractivity contribution < 1.29 is 18.5 Å². The lowest BCUT2D eigenvalue weighted by atomic mass is 10.00. The number of benzene rings is 1. The van der Waals surface area contributed by atoms with Crippen LogP contribution in [-0.2, 0) is 11.2 Å². The Bertz CT molecular complexity index is 1100. The first-order valence-corrected chi connectivity index (χ1v) is 12.2. The standard InChI is InChI=1S/C26H30N4O4/c31-24-20-16-19(25-28-23(29-34-25)15-18-9-4-3-5-10-18)17-21(20)30(13-7-2-1-6-12-27-24)26(32)22-11-8-14-33-22/h3-5,8-11,14,19-21H,1-2,6-7,12-13,15-17H2,(H,27,31)/t19-,20-,21+/m1/s1. The zero-order valence-electron chi connectivity index (χ0n) is 19.2. The van der Waals surface area contributed by atoms with Gasteiger partial charge in [-0.1, -0.05) is 48.3 Å². The summed E-state index contributed by atoms with van der Waals surface area (Å²) in [4.78, 5) is 33.0. The third-order valence-corrected chi connectivity index (χ3v) is 6.92. The summed E-state index contributed by atoms with van der Waals surface area (Å²) in [5.41, 5.74) is 1.11. The number of nitrogens with zero attached hydrogens (tertiary/aromatic N) is 3. The number of carbonyl (C=O) groups is 2. The van der Waals surface area contributed by atoms with Crippen LogP contribution in [0.25, 0.3) is 0 Å². The first kappa shape index (κ1) is 22.4. The van der Waals surface area contributed by atoms with Crippen molar-refractivity contribution in [3.8, 4) is 0 Å². The average Bonchev–Trinajstić information content (AvgIpc) is 3.61. The maximum atomic E-state index is 13.4. The summed E-state index contributed by atoms with van der Waals surface area (Å²) in [6, 6.07) is 13.2. The van der Waals surface area contributed by atoms with Gasteiger partial charge in [0.1, 0.15) is 0 Å². The highest BCUT2D eigenvalue weighted by molar-refractivity contribution is 5.92. The van der Waals surface area contributed by atoms with Crippen molar-refractivity contribution >= 4 is 11.8 Å². The predicted molar refractivity (Wildman–Crippen MR) is 124 cm³/mol. The molecular formula is C26H30N4O4. The fourth-order valence-electron chi connectivity index (χ4n) is 5.19. The molecule has 178 valence electrons. The van der Waals surface area contributed by atoms with Gasteiger partial charge >= 0.3 is 0 Å². The highest BCUT2D eigenvalue weighted by Crippen LogP contribution is 2.41. The van der Waals surface area contributed by atoms with E-state index in [-0.39, 0.29) is 29.7 Å². The third kappa shape index (κ3) is 4.90. The summed E-state index contributed by atoms with van der Waals surface area (Å²) in [7, 11) is 0. The molecule has 8 nitrogen and oxygen atoms in total. The summed E-state index contributed by atoms with van der Waals surface area (Å²) < 4.78 is 11.1. The summed E-state index contributed by atoms with van der Waals surface area (Å²) in [6.45, 7) is 1.27. The Hall–Kier alpha value is -3.42. The van der Waals surface area contributed by atoms with Gasteiger partial charge in [-0.15, -0.1) is 0 Å². The molecule has 1 saturated heterocycles. The molecule has 1 aliphatic carbocycles. The van der Waals surface area contributed by atoms with E-state index in [2.05, 4.69) is 15.5 Å². The number of hydrogen-bond donors (Lipinski definition) is 1. The Balaban J connectivity index is 1.39. The van der Waals surface area contributed by atoms with E-state index in [1.807, 2.05) is 35.2 Å². The summed E-state index contributed by atoms with van der Waals surface area (Å²) in [5.74, 6) is 0.908. The SMILES string of the molecule is O=C1NCCCCCCN(C(=O)c2ccco2)[C@H]2C[C@H](c3nc(Cc4ccccc4)no3)C[C@@H]12. The van der Waals surface area contributed by atoms with Gasteiger partial charge in [0.25, 0.3) is 5.91 Å². The highest BCUT2D eigenvalue weighted by Gasteiger charge is 2.46. The van der Waals surface area contributed by atoms with E-state index < -0.39 is 0 Å². The maximum Gasteiger partial charge on any atom is 0.289 e. The van der Waals surface area contributed by atoms with Crippen LogP contribution in [0.3, 0.4) is 0 Å². The molecule has 0 radical (unpaired) electrons. The molecule has 3 atom stereocenters. The van der Waals surface area contributed by atoms with Crippen LogP contribution in [0.15, 0.2) is 57.7 Å². The lowest BCUT2D eigenvalue weighted by Gasteiger charge is -2.32. The number of nitrogens with one attached hydrogen (secondary N) is 1. The average molecular weight is 463 g/mol. The Kier molecular flexibility index (Phi) is 6.74. The van der Waals surface area contributed by atoms with Crippen LogP contribution in [0.1, 0.15) is 72.3 Å². The van der Waals surface area contributed by atoms with Crippen LogP contribution >= 0.6 is 0 Å². The van der Waals surface area contributed by atoms with E-state index in [4.69, 9.17) is 8.94 Å². The molecule has 8 heteroatoms. The van der Waals surface area contributed by atoms with E-state index in [0.717, 1.165) is 31.2 Å². The first-order chi connectivity index (χ1) is 16.7. The minimum atomic E-state index is -0.327. The van der Waals surface area contributed by atoms with Gasteiger partial charge in [-0.3, -0.25) is 9.59 Å². The van der Waals surface area contributed by atoms with Gasteiger partial charge in [-0.25, -0.2) is 0 Å². The zero-order valence-corrected chi connectivity index (χ0v) is 19.2. The highest BCUT2D eigenvalue weighted by atomic mass is 16.5. The molecule has 3 aromatic rings. The monoisotopic (exact) mass is 462 g/mol. The first-order valence-electron chi connectivity index (χ1n) is 12.2. The molecule has 5 rings (SSSR count). The van der Waals surface area contributed by atoms with Gasteiger partial charge in [0.2, 0.25) is 11.8 Å². The van der Waals surface area contributed by atoms with Gasteiger partial charge in [0, 0.05) is 31.5 Å². The largest absolute Gasteiger partial charge is 0.459 e. The van der Waals surface area contributed by atoms with E-state index in [1.165, 1.54) is 6.26 Å². The number of amides is 2. The number of carbonyl (C=O) groups excluding carboxylic acids is 2. The molecule has 34 heavy (non-hydrogen) atoms. The molecule has 2 amide bonds. The molecule has 0 bridgehead atoms. The summed E-state index contributed by atoms with van der Waals surface area (Å²) in [6.07, 6.45) is 7.18. The predicted octanol–water partition coefficient (Wildman–Crippen LogP) is 3.95. The van der Waals surface area contributed by atoms with Crippen molar-refractivity contribution in [2.75, 3.05) is 13.1 Å². The minimum absolute atomic E-state index is 0.00401. The van der Waals surface area contributed by atoms with Crippen molar-refractivity contribution in [2.45, 2.75) is 56.9 Å². The van der Waals surface area contributed by atoms with Crippen LogP contribution in [0.2, 0.25) is 0 Å². The van der Waals surface area contributed by atoms with Gasteiger partial charge in [0.05, 0.1) is 12.2 Å². The smallest absolute Gasteiger partial charge is 0.289 e. The molecule has 1 aromatic carbocycles. The minimum Gasteiger partial charge on any atom is -0.459 e. The Morgan fingerprint density at radius 2 is 1.91 bits per heavy atom. The Morgan fingerprint density at radius 3 is 2.74 bits per heavy atom. The third-order valence-electron chi connectivity index (χ3n) is 6.92. The van der Waals surface area contributed by atoms with E-state index in [0.29, 0.717) is 49.8 Å². The van der Waals surface area contributed by atoms with Crippen molar-refractivity contribution in [3.05, 3.63) is 71.8 Å². The second-order valence-electron chi connectivity index (χ2n) is 9.23. The molecule has 1 N–H and O–H groups in total. The van der Waals surface area contributed by atoms with Crippen molar-refractivity contribution in [3.63, 3.8) is 0 Å². The molecule has 2 aromatic heterocycles. The lowest BCUT2D eigenvalue weighted by molar-refractivity contribution is -0.126. The molecule has 1 aliphatic heterocycles. The van der Waals surface area contributed by atoms with Gasteiger partial charge < -0.3 is 19.2 Å². The van der Waals surface area contributed by atoms with E-state index in [1.54, 1.807) is 12.1 Å². The van der Waals surface area contributed by atoms with Gasteiger partial charge in [0.15, 0.2) is 11.6 Å². The lowest BCUT2D eigenvalue weighted by Crippen LogP contribution is -2.47. The zero-order chi connectivity index (χ0) is 23.3. The van der Waals surface area contributed by atoms with E-state index >= 15 is 0 Å². The van der Waals surface area contributed by atoms with Crippen molar-refractivity contribution in [2.24, 2.45) is 5.92 Å². The van der Waals surface area contributed by atoms with Crippen LogP contribution < -0.4 is 5.32 Å². The number of hydrogen-bond acceptors (Lipinski definition) is 6. The molecular weight excluding hydrogens is 432 g/mol. The van der Waals surface area contributed by atoms with Crippen LogP contribution in [0.5, 0.6) is 0 Å². The van der Waals surface area contributed by atoms with Gasteiger partial charge in [-0.2, -0.15) is 4.98 Å². The van der Waals surface area contributed by atoms with E-state index in [9.17, 15) is 9.59 Å². The molecule has 3 heterocycles. The number of fused-ring (bicyclic) bond motifs is 1. The van der Waals surface area contributed by atoms with Crippen LogP contribution in [0.4, 0.5) is 0 Å². The Labute approximate surface area is 198 Å². The fraction of sp³-hybridized carbons (Fsp3) is 0.462. The summed E-state index contributed by atoms with van der Waals surface area (Å²) >= 11 is 0. The quantitative estimate of drug-likeness (QED) is 0.630. The second-order valence-corrected chi connectivity index (χ2v) is 9.23. The van der Waals surface area contributed by atoms with Crippen molar-refractivity contribution in [1.29, 1.82) is 0 Å². The fourth-order valence-corrected chi connectivity index (χ4v) is 5.19. The Morgan fingerprint density at radius 1 is 1.06 bits per heavy atom. The molecule has 2 aliphatic rings. The number of furan rings is 1. The molecule has 2 fully saturated rings. The molecule has 0 spiro atoms. The number of rotatable bonds is 4. The summed E-state index contributed by atoms with van der Waals surface area (Å²) in [5, 5.41) is 7.27. The van der Waals surface area contributed by atoms with Crippen molar-refractivity contribution in [1.82, 2.24) is 20.4 Å². The van der Waals surface area contributed by atoms with Crippen LogP contribution in [0, 0.1) is 5.92 Å².